The highest BCUT2D eigenvalue weighted by atomic mass is 16.6. The topological polar surface area (TPSA) is 78.9 Å². The molecule has 6 nitrogen and oxygen atoms in total. The standard InChI is InChI=1S/C55H102O6/c1-4-7-10-13-16-18-20-22-24-25-26-27-28-29-30-32-33-35-37-39-42-45-48-54(57)60-51-52(50-59-53(56)47-44-41-15-12-9-6-3)61-55(58)49-46-43-40-38-36-34-31-23-21-19-17-14-11-8-5-2/h17,19,23,31,52H,4-16,18,20-22,24-30,32-51H2,1-3H3/b19-17-,31-23-. The first-order chi connectivity index (χ1) is 30.0. The van der Waals surface area contributed by atoms with Gasteiger partial charge in [-0.05, 0) is 51.4 Å². The third-order valence-corrected chi connectivity index (χ3v) is 12.0. The zero-order valence-corrected chi connectivity index (χ0v) is 40.9. The van der Waals surface area contributed by atoms with E-state index in [4.69, 9.17) is 14.2 Å². The maximum atomic E-state index is 12.7. The molecule has 0 saturated carbocycles. The lowest BCUT2D eigenvalue weighted by Gasteiger charge is -2.18. The van der Waals surface area contributed by atoms with E-state index in [9.17, 15) is 14.4 Å². The predicted octanol–water partition coefficient (Wildman–Crippen LogP) is 17.5. The molecule has 0 aromatic heterocycles. The second kappa shape index (κ2) is 50.5. The maximum Gasteiger partial charge on any atom is 0.306 e. The van der Waals surface area contributed by atoms with Crippen LogP contribution in [0.15, 0.2) is 24.3 Å². The van der Waals surface area contributed by atoms with Gasteiger partial charge in [-0.3, -0.25) is 14.4 Å². The van der Waals surface area contributed by atoms with Gasteiger partial charge in [0.25, 0.3) is 0 Å². The van der Waals surface area contributed by atoms with Gasteiger partial charge in [-0.15, -0.1) is 0 Å². The van der Waals surface area contributed by atoms with Crippen LogP contribution >= 0.6 is 0 Å². The molecular weight excluding hydrogens is 757 g/mol. The van der Waals surface area contributed by atoms with E-state index < -0.39 is 6.10 Å². The summed E-state index contributed by atoms with van der Waals surface area (Å²) in [6.45, 7) is 6.57. The number of allylic oxidation sites excluding steroid dienone is 4. The lowest BCUT2D eigenvalue weighted by Crippen LogP contribution is -2.30. The van der Waals surface area contributed by atoms with Gasteiger partial charge < -0.3 is 14.2 Å². The Kier molecular flexibility index (Phi) is 48.8. The van der Waals surface area contributed by atoms with Crippen molar-refractivity contribution in [2.45, 2.75) is 297 Å². The number of esters is 3. The second-order valence-electron chi connectivity index (χ2n) is 18.2. The van der Waals surface area contributed by atoms with Crippen molar-refractivity contribution in [1.82, 2.24) is 0 Å². The number of rotatable bonds is 49. The van der Waals surface area contributed by atoms with Crippen molar-refractivity contribution in [3.63, 3.8) is 0 Å². The first-order valence-electron chi connectivity index (χ1n) is 26.8. The van der Waals surface area contributed by atoms with Crippen molar-refractivity contribution >= 4 is 17.9 Å². The van der Waals surface area contributed by atoms with Crippen molar-refractivity contribution in [3.05, 3.63) is 24.3 Å². The highest BCUT2D eigenvalue weighted by molar-refractivity contribution is 5.71. The van der Waals surface area contributed by atoms with Gasteiger partial charge in [0.05, 0.1) is 0 Å². The number of ether oxygens (including phenoxy) is 3. The van der Waals surface area contributed by atoms with E-state index in [2.05, 4.69) is 45.1 Å². The number of hydrogen-bond acceptors (Lipinski definition) is 6. The summed E-state index contributed by atoms with van der Waals surface area (Å²) in [6, 6.07) is 0. The van der Waals surface area contributed by atoms with Crippen molar-refractivity contribution in [2.24, 2.45) is 0 Å². The number of carbonyl (C=O) groups is 3. The summed E-state index contributed by atoms with van der Waals surface area (Å²) < 4.78 is 16.7. The molecule has 1 atom stereocenters. The second-order valence-corrected chi connectivity index (χ2v) is 18.2. The Morgan fingerprint density at radius 2 is 0.590 bits per heavy atom. The molecule has 0 aliphatic carbocycles. The Balaban J connectivity index is 4.12. The summed E-state index contributed by atoms with van der Waals surface area (Å²) in [6.07, 6.45) is 57.7. The van der Waals surface area contributed by atoms with Gasteiger partial charge in [-0.2, -0.15) is 0 Å². The maximum absolute atomic E-state index is 12.7. The molecule has 1 unspecified atom stereocenters. The minimum atomic E-state index is -0.771. The van der Waals surface area contributed by atoms with Crippen LogP contribution in [0.2, 0.25) is 0 Å². The molecule has 0 amide bonds. The molecule has 0 aromatic carbocycles. The molecule has 0 aliphatic heterocycles. The summed E-state index contributed by atoms with van der Waals surface area (Å²) in [5.74, 6) is -0.883. The van der Waals surface area contributed by atoms with Gasteiger partial charge >= 0.3 is 17.9 Å². The van der Waals surface area contributed by atoms with Crippen molar-refractivity contribution < 1.29 is 28.6 Å². The fourth-order valence-corrected chi connectivity index (χ4v) is 7.89. The van der Waals surface area contributed by atoms with Crippen LogP contribution < -0.4 is 0 Å². The Morgan fingerprint density at radius 3 is 0.934 bits per heavy atom. The van der Waals surface area contributed by atoms with Crippen LogP contribution in [0, 0.1) is 0 Å². The van der Waals surface area contributed by atoms with Gasteiger partial charge in [-0.25, -0.2) is 0 Å². The van der Waals surface area contributed by atoms with E-state index >= 15 is 0 Å². The molecule has 0 spiro atoms. The molecule has 0 heterocycles. The van der Waals surface area contributed by atoms with E-state index in [0.717, 1.165) is 77.0 Å². The van der Waals surface area contributed by atoms with Gasteiger partial charge in [0.1, 0.15) is 13.2 Å². The Bertz CT molecular complexity index is 989. The van der Waals surface area contributed by atoms with Crippen LogP contribution in [0.1, 0.15) is 290 Å². The van der Waals surface area contributed by atoms with Crippen molar-refractivity contribution in [2.75, 3.05) is 13.2 Å². The van der Waals surface area contributed by atoms with Crippen LogP contribution in [0.4, 0.5) is 0 Å². The molecule has 0 rings (SSSR count). The molecule has 0 fully saturated rings. The predicted molar refractivity (Wildman–Crippen MR) is 261 cm³/mol. The van der Waals surface area contributed by atoms with E-state index in [1.807, 2.05) is 0 Å². The molecule has 358 valence electrons. The van der Waals surface area contributed by atoms with Gasteiger partial charge in [-0.1, -0.05) is 244 Å². The smallest absolute Gasteiger partial charge is 0.306 e. The SMILES string of the molecule is CCCCC/C=C\C/C=C\CCCCCCCC(=O)OC(COC(=O)CCCCCCCC)COC(=O)CCCCCCCCCCCCCCCCCCCCCCCC. The molecule has 0 N–H and O–H groups in total. The molecule has 0 bridgehead atoms. The molecule has 0 aliphatic rings. The lowest BCUT2D eigenvalue weighted by atomic mass is 10.0. The molecule has 0 aromatic rings. The monoisotopic (exact) mass is 859 g/mol. The summed E-state index contributed by atoms with van der Waals surface area (Å²) in [4.78, 5) is 37.7. The van der Waals surface area contributed by atoms with Crippen LogP contribution in [0.5, 0.6) is 0 Å². The summed E-state index contributed by atoms with van der Waals surface area (Å²) in [5, 5.41) is 0. The fraction of sp³-hybridized carbons (Fsp3) is 0.873. The van der Waals surface area contributed by atoms with Gasteiger partial charge in [0.2, 0.25) is 0 Å². The first kappa shape index (κ1) is 58.9. The molecule has 0 radical (unpaired) electrons. The lowest BCUT2D eigenvalue weighted by molar-refractivity contribution is -0.167. The first-order valence-corrected chi connectivity index (χ1v) is 26.8. The fourth-order valence-electron chi connectivity index (χ4n) is 7.89. The van der Waals surface area contributed by atoms with E-state index in [0.29, 0.717) is 19.3 Å². The Labute approximate surface area is 379 Å². The number of carbonyl (C=O) groups excluding carboxylic acids is 3. The largest absolute Gasteiger partial charge is 0.462 e. The zero-order chi connectivity index (χ0) is 44.4. The van der Waals surface area contributed by atoms with Crippen LogP contribution in [0.3, 0.4) is 0 Å². The molecule has 0 saturated heterocycles. The quantitative estimate of drug-likeness (QED) is 0.0262. The average molecular weight is 859 g/mol. The van der Waals surface area contributed by atoms with Crippen molar-refractivity contribution in [3.8, 4) is 0 Å². The summed E-state index contributed by atoms with van der Waals surface area (Å²) in [5.41, 5.74) is 0. The average Bonchev–Trinajstić information content (AvgIpc) is 3.26. The third kappa shape index (κ3) is 48.8. The molecular formula is C55H102O6. The Morgan fingerprint density at radius 1 is 0.328 bits per heavy atom. The highest BCUT2D eigenvalue weighted by Gasteiger charge is 2.19. The normalized spacial score (nSPS) is 12.1. The summed E-state index contributed by atoms with van der Waals surface area (Å²) >= 11 is 0. The van der Waals surface area contributed by atoms with Crippen LogP contribution in [0.25, 0.3) is 0 Å². The molecule has 6 heteroatoms. The zero-order valence-electron chi connectivity index (χ0n) is 40.9. The van der Waals surface area contributed by atoms with Gasteiger partial charge in [0.15, 0.2) is 6.10 Å². The minimum absolute atomic E-state index is 0.0731. The van der Waals surface area contributed by atoms with Crippen LogP contribution in [-0.2, 0) is 28.6 Å². The Hall–Kier alpha value is -2.11. The minimum Gasteiger partial charge on any atom is -0.462 e. The highest BCUT2D eigenvalue weighted by Crippen LogP contribution is 2.17. The van der Waals surface area contributed by atoms with E-state index in [-0.39, 0.29) is 31.1 Å². The number of unbranched alkanes of at least 4 members (excludes halogenated alkanes) is 34. The van der Waals surface area contributed by atoms with Gasteiger partial charge in [0, 0.05) is 19.3 Å². The number of hydrogen-bond donors (Lipinski definition) is 0. The van der Waals surface area contributed by atoms with Crippen LogP contribution in [-0.4, -0.2) is 37.2 Å². The molecule has 61 heavy (non-hydrogen) atoms. The van der Waals surface area contributed by atoms with Crippen molar-refractivity contribution in [1.29, 1.82) is 0 Å². The summed E-state index contributed by atoms with van der Waals surface area (Å²) in [7, 11) is 0. The van der Waals surface area contributed by atoms with E-state index in [1.165, 1.54) is 173 Å². The third-order valence-electron chi connectivity index (χ3n) is 12.0. The van der Waals surface area contributed by atoms with E-state index in [1.54, 1.807) is 0 Å².